The smallest absolute Gasteiger partial charge is 0.134 e. The first-order chi connectivity index (χ1) is 29.8. The Morgan fingerprint density at radius 1 is 0.400 bits per heavy atom. The summed E-state index contributed by atoms with van der Waals surface area (Å²) < 4.78 is 4.85. The standard InChI is InChI=1S/C56H36N4/c1-3-16-37(17-4-1)38-30-32-40(33-31-38)58(41-34-35-51-45(36-41)44-22-9-13-27-50(44)59(51)39-18-5-2-6-19-39)53-29-15-25-48-54(53)60-52-28-14-12-26-49(52)57-55(60)56(48)46-23-10-7-20-42(46)43-21-8-11-24-47(43)56/h1-36H. The van der Waals surface area contributed by atoms with Crippen LogP contribution in [0.5, 0.6) is 0 Å². The van der Waals surface area contributed by atoms with Crippen molar-refractivity contribution in [1.82, 2.24) is 14.1 Å². The Balaban J connectivity index is 1.12. The van der Waals surface area contributed by atoms with Crippen LogP contribution in [-0.4, -0.2) is 14.1 Å². The van der Waals surface area contributed by atoms with Gasteiger partial charge in [0, 0.05) is 33.4 Å². The molecular formula is C56H36N4. The van der Waals surface area contributed by atoms with Gasteiger partial charge in [-0.2, -0.15) is 0 Å². The predicted octanol–water partition coefficient (Wildman–Crippen LogP) is 13.9. The van der Waals surface area contributed by atoms with Crippen molar-refractivity contribution in [3.05, 3.63) is 241 Å². The third-order valence-corrected chi connectivity index (χ3v) is 12.9. The number of fused-ring (bicyclic) bond motifs is 15. The number of benzene rings is 9. The van der Waals surface area contributed by atoms with Crippen LogP contribution < -0.4 is 4.90 Å². The molecule has 280 valence electrons. The normalized spacial score (nSPS) is 13.1. The van der Waals surface area contributed by atoms with Crippen molar-refractivity contribution < 1.29 is 0 Å². The van der Waals surface area contributed by atoms with E-state index in [1.165, 1.54) is 60.8 Å². The number of hydrogen-bond acceptors (Lipinski definition) is 2. The van der Waals surface area contributed by atoms with Gasteiger partial charge in [-0.05, 0) is 100 Å². The molecule has 0 unspecified atom stereocenters. The number of imidazole rings is 1. The van der Waals surface area contributed by atoms with Crippen LogP contribution >= 0.6 is 0 Å². The highest BCUT2D eigenvalue weighted by Crippen LogP contribution is 2.62. The van der Waals surface area contributed by atoms with Crippen LogP contribution in [0.25, 0.3) is 66.5 Å². The van der Waals surface area contributed by atoms with Crippen molar-refractivity contribution in [3.63, 3.8) is 0 Å². The van der Waals surface area contributed by atoms with Crippen molar-refractivity contribution >= 4 is 49.9 Å². The number of hydrogen-bond donors (Lipinski definition) is 0. The highest BCUT2D eigenvalue weighted by molar-refractivity contribution is 6.11. The van der Waals surface area contributed by atoms with E-state index in [0.717, 1.165) is 45.3 Å². The van der Waals surface area contributed by atoms with E-state index in [0.29, 0.717) is 0 Å². The summed E-state index contributed by atoms with van der Waals surface area (Å²) in [5.74, 6) is 1.03. The second-order valence-corrected chi connectivity index (χ2v) is 15.9. The Labute approximate surface area is 347 Å². The van der Waals surface area contributed by atoms with E-state index in [-0.39, 0.29) is 0 Å². The molecule has 11 aromatic rings. The summed E-state index contributed by atoms with van der Waals surface area (Å²) in [7, 11) is 0. The Morgan fingerprint density at radius 3 is 1.75 bits per heavy atom. The van der Waals surface area contributed by atoms with E-state index in [4.69, 9.17) is 4.98 Å². The summed E-state index contributed by atoms with van der Waals surface area (Å²) >= 11 is 0. The quantitative estimate of drug-likeness (QED) is 0.174. The maximum atomic E-state index is 5.58. The summed E-state index contributed by atoms with van der Waals surface area (Å²) in [6.45, 7) is 0. The third kappa shape index (κ3) is 4.42. The molecule has 2 aliphatic rings. The molecule has 2 aromatic heterocycles. The molecule has 13 rings (SSSR count). The average Bonchev–Trinajstić information content (AvgIpc) is 4.03. The van der Waals surface area contributed by atoms with E-state index < -0.39 is 5.41 Å². The predicted molar refractivity (Wildman–Crippen MR) is 246 cm³/mol. The van der Waals surface area contributed by atoms with Crippen molar-refractivity contribution in [2.75, 3.05) is 4.90 Å². The van der Waals surface area contributed by atoms with E-state index in [9.17, 15) is 0 Å². The van der Waals surface area contributed by atoms with Crippen molar-refractivity contribution in [2.24, 2.45) is 0 Å². The van der Waals surface area contributed by atoms with Crippen molar-refractivity contribution in [3.8, 4) is 33.6 Å². The summed E-state index contributed by atoms with van der Waals surface area (Å²) in [5.41, 5.74) is 18.1. The summed E-state index contributed by atoms with van der Waals surface area (Å²) in [4.78, 5) is 8.04. The van der Waals surface area contributed by atoms with Crippen molar-refractivity contribution in [1.29, 1.82) is 0 Å². The van der Waals surface area contributed by atoms with Gasteiger partial charge in [-0.1, -0.05) is 152 Å². The van der Waals surface area contributed by atoms with Crippen molar-refractivity contribution in [2.45, 2.75) is 5.41 Å². The molecule has 0 saturated carbocycles. The van der Waals surface area contributed by atoms with Crippen LogP contribution in [0, 0.1) is 0 Å². The molecular weight excluding hydrogens is 729 g/mol. The Bertz CT molecular complexity index is 3440. The lowest BCUT2D eigenvalue weighted by atomic mass is 9.73. The van der Waals surface area contributed by atoms with Gasteiger partial charge in [-0.3, -0.25) is 4.57 Å². The first-order valence-corrected chi connectivity index (χ1v) is 20.6. The molecule has 0 amide bonds. The maximum Gasteiger partial charge on any atom is 0.134 e. The number of para-hydroxylation sites is 5. The molecule has 0 saturated heterocycles. The molecule has 4 nitrogen and oxygen atoms in total. The zero-order valence-corrected chi connectivity index (χ0v) is 32.6. The highest BCUT2D eigenvalue weighted by Gasteiger charge is 2.55. The lowest BCUT2D eigenvalue weighted by Gasteiger charge is -2.30. The zero-order valence-electron chi connectivity index (χ0n) is 32.6. The number of rotatable bonds is 5. The summed E-state index contributed by atoms with van der Waals surface area (Å²) in [6.07, 6.45) is 0. The monoisotopic (exact) mass is 764 g/mol. The number of nitrogens with zero attached hydrogens (tertiary/aromatic N) is 4. The largest absolute Gasteiger partial charge is 0.309 e. The second-order valence-electron chi connectivity index (χ2n) is 15.9. The van der Waals surface area contributed by atoms with Crippen LogP contribution in [0.4, 0.5) is 17.1 Å². The fourth-order valence-corrected chi connectivity index (χ4v) is 10.5. The van der Waals surface area contributed by atoms with Gasteiger partial charge in [-0.15, -0.1) is 0 Å². The molecule has 1 spiro atoms. The van der Waals surface area contributed by atoms with Crippen LogP contribution in [-0.2, 0) is 5.41 Å². The minimum atomic E-state index is -0.604. The van der Waals surface area contributed by atoms with Gasteiger partial charge < -0.3 is 9.47 Å². The summed E-state index contributed by atoms with van der Waals surface area (Å²) in [5, 5.41) is 2.42. The van der Waals surface area contributed by atoms with Gasteiger partial charge in [0.15, 0.2) is 0 Å². The first-order valence-electron chi connectivity index (χ1n) is 20.6. The Morgan fingerprint density at radius 2 is 0.983 bits per heavy atom. The molecule has 0 fully saturated rings. The molecule has 0 atom stereocenters. The molecule has 4 heteroatoms. The zero-order chi connectivity index (χ0) is 39.4. The molecule has 60 heavy (non-hydrogen) atoms. The Hall–Kier alpha value is -7.95. The fourth-order valence-electron chi connectivity index (χ4n) is 10.5. The number of anilines is 3. The molecule has 3 heterocycles. The third-order valence-electron chi connectivity index (χ3n) is 12.9. The van der Waals surface area contributed by atoms with Gasteiger partial charge in [-0.25, -0.2) is 4.98 Å². The highest BCUT2D eigenvalue weighted by atomic mass is 15.2. The Kier molecular flexibility index (Phi) is 6.90. The van der Waals surface area contributed by atoms with E-state index >= 15 is 0 Å². The van der Waals surface area contributed by atoms with E-state index in [1.807, 2.05) is 0 Å². The van der Waals surface area contributed by atoms with Crippen LogP contribution in [0.3, 0.4) is 0 Å². The maximum absolute atomic E-state index is 5.58. The van der Waals surface area contributed by atoms with Gasteiger partial charge in [0.2, 0.25) is 0 Å². The minimum absolute atomic E-state index is 0.604. The van der Waals surface area contributed by atoms with E-state index in [2.05, 4.69) is 232 Å². The fraction of sp³-hybridized carbons (Fsp3) is 0.0179. The molecule has 0 bridgehead atoms. The van der Waals surface area contributed by atoms with E-state index in [1.54, 1.807) is 0 Å². The molecule has 0 N–H and O–H groups in total. The molecule has 9 aromatic carbocycles. The number of aromatic nitrogens is 3. The lowest BCUT2D eigenvalue weighted by molar-refractivity contribution is 0.738. The topological polar surface area (TPSA) is 26.0 Å². The molecule has 1 aliphatic carbocycles. The van der Waals surface area contributed by atoms with Gasteiger partial charge in [0.05, 0.1) is 33.4 Å². The van der Waals surface area contributed by atoms with Gasteiger partial charge in [0.1, 0.15) is 11.2 Å². The van der Waals surface area contributed by atoms with Crippen LogP contribution in [0.1, 0.15) is 22.5 Å². The second kappa shape index (κ2) is 12.5. The van der Waals surface area contributed by atoms with Crippen LogP contribution in [0.15, 0.2) is 218 Å². The SMILES string of the molecule is c1ccc(-c2ccc(N(c3ccc4c(c3)c3ccccc3n4-c3ccccc3)c3cccc4c3-n3c(nc5ccccc53)C43c4ccccc4-c4ccccc43)cc2)cc1. The van der Waals surface area contributed by atoms with Gasteiger partial charge in [0.25, 0.3) is 0 Å². The average molecular weight is 765 g/mol. The van der Waals surface area contributed by atoms with Gasteiger partial charge >= 0.3 is 0 Å². The van der Waals surface area contributed by atoms with Crippen LogP contribution in [0.2, 0.25) is 0 Å². The molecule has 0 radical (unpaired) electrons. The lowest BCUT2D eigenvalue weighted by Crippen LogP contribution is -2.27. The molecule has 1 aliphatic heterocycles. The first kappa shape index (κ1) is 33.1. The minimum Gasteiger partial charge on any atom is -0.309 e. The summed E-state index contributed by atoms with van der Waals surface area (Å²) in [6, 6.07) is 79.5.